The number of para-hydroxylation sites is 1. The third-order valence-electron chi connectivity index (χ3n) is 5.94. The van der Waals surface area contributed by atoms with Crippen molar-refractivity contribution in [2.45, 2.75) is 64.3 Å². The first-order valence-electron chi connectivity index (χ1n) is 9.43. The van der Waals surface area contributed by atoms with Gasteiger partial charge in [-0.3, -0.25) is 19.6 Å². The molecule has 0 aliphatic carbocycles. The Labute approximate surface area is 161 Å². The SMILES string of the molecule is Cn1nc(C2CCC(=O)NC2=O)c2cccc(CO[Si](C)(C)C(C)(C)C)c21. The maximum Gasteiger partial charge on any atom is 0.235 e. The molecule has 2 aromatic rings. The third-order valence-corrected chi connectivity index (χ3v) is 10.4. The summed E-state index contributed by atoms with van der Waals surface area (Å²) in [6.45, 7) is 11.7. The van der Waals surface area contributed by atoms with E-state index in [1.807, 2.05) is 23.9 Å². The fourth-order valence-corrected chi connectivity index (χ4v) is 4.20. The van der Waals surface area contributed by atoms with Gasteiger partial charge < -0.3 is 4.43 Å². The van der Waals surface area contributed by atoms with Crippen LogP contribution in [0.15, 0.2) is 18.2 Å². The molecule has 1 aliphatic heterocycles. The first kappa shape index (κ1) is 19.8. The zero-order valence-corrected chi connectivity index (χ0v) is 18.0. The molecule has 1 saturated heterocycles. The van der Waals surface area contributed by atoms with Crippen LogP contribution in [0.1, 0.15) is 50.8 Å². The summed E-state index contributed by atoms with van der Waals surface area (Å²) in [5.41, 5.74) is 2.81. The predicted molar refractivity (Wildman–Crippen MR) is 108 cm³/mol. The van der Waals surface area contributed by atoms with Gasteiger partial charge in [-0.05, 0) is 24.6 Å². The largest absolute Gasteiger partial charge is 0.412 e. The molecule has 3 rings (SSSR count). The number of aryl methyl sites for hydroxylation is 1. The zero-order chi connectivity index (χ0) is 20.0. The lowest BCUT2D eigenvalue weighted by Crippen LogP contribution is -2.40. The molecule has 1 aliphatic rings. The summed E-state index contributed by atoms with van der Waals surface area (Å²) in [4.78, 5) is 23.8. The molecule has 1 fully saturated rings. The van der Waals surface area contributed by atoms with E-state index in [1.165, 1.54) is 0 Å². The maximum atomic E-state index is 12.3. The maximum absolute atomic E-state index is 12.3. The van der Waals surface area contributed by atoms with Crippen LogP contribution in [-0.4, -0.2) is 29.9 Å². The number of hydrogen-bond donors (Lipinski definition) is 1. The highest BCUT2D eigenvalue weighted by molar-refractivity contribution is 6.74. The third kappa shape index (κ3) is 3.71. The van der Waals surface area contributed by atoms with Crippen molar-refractivity contribution >= 4 is 31.0 Å². The Bertz CT molecular complexity index is 896. The molecule has 0 saturated carbocycles. The Hall–Kier alpha value is -1.99. The van der Waals surface area contributed by atoms with Crippen LogP contribution in [0.5, 0.6) is 0 Å². The quantitative estimate of drug-likeness (QED) is 0.642. The second-order valence-corrected chi connectivity index (χ2v) is 13.7. The highest BCUT2D eigenvalue weighted by Gasteiger charge is 2.37. The molecule has 27 heavy (non-hydrogen) atoms. The molecule has 1 atom stereocenters. The van der Waals surface area contributed by atoms with Crippen LogP contribution in [0.4, 0.5) is 0 Å². The number of carbonyl (C=O) groups excluding carboxylic acids is 2. The number of nitrogens with one attached hydrogen (secondary N) is 1. The van der Waals surface area contributed by atoms with E-state index in [2.05, 4.69) is 50.3 Å². The van der Waals surface area contributed by atoms with Crippen molar-refractivity contribution in [1.82, 2.24) is 15.1 Å². The average molecular weight is 388 g/mol. The van der Waals surface area contributed by atoms with E-state index in [-0.39, 0.29) is 22.8 Å². The molecular formula is C20H29N3O3Si. The van der Waals surface area contributed by atoms with Crippen molar-refractivity contribution in [3.8, 4) is 0 Å². The van der Waals surface area contributed by atoms with E-state index < -0.39 is 8.32 Å². The van der Waals surface area contributed by atoms with Gasteiger partial charge in [0.2, 0.25) is 11.8 Å². The lowest BCUT2D eigenvalue weighted by Gasteiger charge is -2.36. The predicted octanol–water partition coefficient (Wildman–Crippen LogP) is 3.62. The molecule has 146 valence electrons. The van der Waals surface area contributed by atoms with Crippen LogP contribution in [-0.2, 0) is 27.7 Å². The molecule has 6 nitrogen and oxygen atoms in total. The molecule has 1 N–H and O–H groups in total. The van der Waals surface area contributed by atoms with Crippen molar-refractivity contribution < 1.29 is 14.0 Å². The van der Waals surface area contributed by atoms with Crippen LogP contribution in [0.25, 0.3) is 10.9 Å². The minimum Gasteiger partial charge on any atom is -0.412 e. The van der Waals surface area contributed by atoms with E-state index in [0.717, 1.165) is 22.2 Å². The van der Waals surface area contributed by atoms with Crippen LogP contribution in [0.3, 0.4) is 0 Å². The first-order valence-corrected chi connectivity index (χ1v) is 12.3. The number of rotatable bonds is 4. The molecule has 0 radical (unpaired) electrons. The standard InChI is InChI=1S/C20H29N3O3Si/c1-20(2,3)27(5,6)26-12-13-8-7-9-14-17(22-23(4)18(13)14)15-10-11-16(24)21-19(15)25/h7-9,15H,10-12H2,1-6H3,(H,21,24,25). The van der Waals surface area contributed by atoms with Crippen molar-refractivity contribution in [2.24, 2.45) is 7.05 Å². The topological polar surface area (TPSA) is 73.2 Å². The Balaban J connectivity index is 1.95. The molecule has 2 heterocycles. The monoisotopic (exact) mass is 387 g/mol. The van der Waals surface area contributed by atoms with Gasteiger partial charge in [0.05, 0.1) is 23.7 Å². The van der Waals surface area contributed by atoms with E-state index >= 15 is 0 Å². The van der Waals surface area contributed by atoms with Crippen molar-refractivity contribution in [1.29, 1.82) is 0 Å². The van der Waals surface area contributed by atoms with Gasteiger partial charge in [0, 0.05) is 24.4 Å². The molecular weight excluding hydrogens is 358 g/mol. The van der Waals surface area contributed by atoms with Gasteiger partial charge >= 0.3 is 0 Å². The number of benzene rings is 1. The lowest BCUT2D eigenvalue weighted by atomic mass is 9.92. The molecule has 7 heteroatoms. The Morgan fingerprint density at radius 2 is 2.00 bits per heavy atom. The van der Waals surface area contributed by atoms with Gasteiger partial charge in [0.15, 0.2) is 8.32 Å². The number of nitrogens with zero attached hydrogens (tertiary/aromatic N) is 2. The van der Waals surface area contributed by atoms with Gasteiger partial charge in [-0.1, -0.05) is 39.0 Å². The summed E-state index contributed by atoms with van der Waals surface area (Å²) in [7, 11) is 0.0286. The van der Waals surface area contributed by atoms with Crippen molar-refractivity contribution in [3.05, 3.63) is 29.5 Å². The van der Waals surface area contributed by atoms with Gasteiger partial charge in [-0.15, -0.1) is 0 Å². The van der Waals surface area contributed by atoms with E-state index in [1.54, 1.807) is 0 Å². The summed E-state index contributed by atoms with van der Waals surface area (Å²) in [6.07, 6.45) is 0.851. The number of amides is 2. The summed E-state index contributed by atoms with van der Waals surface area (Å²) in [6, 6.07) is 6.05. The van der Waals surface area contributed by atoms with Crippen LogP contribution < -0.4 is 5.32 Å². The fraction of sp³-hybridized carbons (Fsp3) is 0.550. The van der Waals surface area contributed by atoms with Crippen LogP contribution in [0, 0.1) is 0 Å². The molecule has 1 aromatic heterocycles. The molecule has 1 unspecified atom stereocenters. The number of piperidine rings is 1. The second-order valence-electron chi connectivity index (χ2n) is 8.87. The second kappa shape index (κ2) is 6.87. The molecule has 0 bridgehead atoms. The highest BCUT2D eigenvalue weighted by atomic mass is 28.4. The number of carbonyl (C=O) groups is 2. The normalized spacial score (nSPS) is 18.8. The number of hydrogen-bond acceptors (Lipinski definition) is 4. The number of aromatic nitrogens is 2. The van der Waals surface area contributed by atoms with E-state index in [9.17, 15) is 9.59 Å². The highest BCUT2D eigenvalue weighted by Crippen LogP contribution is 2.38. The van der Waals surface area contributed by atoms with Gasteiger partial charge in [0.1, 0.15) is 0 Å². The lowest BCUT2D eigenvalue weighted by molar-refractivity contribution is -0.134. The van der Waals surface area contributed by atoms with Gasteiger partial charge in [0.25, 0.3) is 0 Å². The van der Waals surface area contributed by atoms with E-state index in [0.29, 0.717) is 19.4 Å². The molecule has 0 spiro atoms. The average Bonchev–Trinajstić information content (AvgIpc) is 2.89. The fourth-order valence-electron chi connectivity index (χ4n) is 3.25. The minimum atomic E-state index is -1.87. The summed E-state index contributed by atoms with van der Waals surface area (Å²) in [5, 5.41) is 8.18. The van der Waals surface area contributed by atoms with Gasteiger partial charge in [-0.2, -0.15) is 5.10 Å². The minimum absolute atomic E-state index is 0.144. The van der Waals surface area contributed by atoms with E-state index in [4.69, 9.17) is 4.43 Å². The van der Waals surface area contributed by atoms with Crippen LogP contribution in [0.2, 0.25) is 18.1 Å². The summed E-state index contributed by atoms with van der Waals surface area (Å²) >= 11 is 0. The Kier molecular flexibility index (Phi) is 5.03. The van der Waals surface area contributed by atoms with Crippen LogP contribution >= 0.6 is 0 Å². The smallest absolute Gasteiger partial charge is 0.235 e. The summed E-state index contributed by atoms with van der Waals surface area (Å²) in [5.74, 6) is -0.850. The Morgan fingerprint density at radius 1 is 1.30 bits per heavy atom. The summed E-state index contributed by atoms with van der Waals surface area (Å²) < 4.78 is 8.24. The van der Waals surface area contributed by atoms with Crippen molar-refractivity contribution in [2.75, 3.05) is 0 Å². The zero-order valence-electron chi connectivity index (χ0n) is 17.0. The molecule has 1 aromatic carbocycles. The van der Waals surface area contributed by atoms with Crippen molar-refractivity contribution in [3.63, 3.8) is 0 Å². The molecule has 2 amide bonds. The van der Waals surface area contributed by atoms with Gasteiger partial charge in [-0.25, -0.2) is 0 Å². The number of fused-ring (bicyclic) bond motifs is 1. The number of imide groups is 1. The first-order chi connectivity index (χ1) is 12.5. The Morgan fingerprint density at radius 3 is 2.63 bits per heavy atom.